The number of fused-ring (bicyclic) bond motifs is 4. The molecule has 5 nitrogen and oxygen atoms in total. The van der Waals surface area contributed by atoms with Crippen LogP contribution in [0.25, 0.3) is 73.0 Å². The van der Waals surface area contributed by atoms with Crippen molar-refractivity contribution in [1.82, 2.24) is 15.0 Å². The van der Waals surface area contributed by atoms with E-state index in [1.54, 1.807) is 0 Å². The van der Waals surface area contributed by atoms with Crippen LogP contribution in [0.4, 0.5) is 11.4 Å². The van der Waals surface area contributed by atoms with Crippen LogP contribution in [0.2, 0.25) is 0 Å². The van der Waals surface area contributed by atoms with E-state index >= 15 is 0 Å². The molecule has 0 fully saturated rings. The highest BCUT2D eigenvalue weighted by molar-refractivity contribution is 6.20. The summed E-state index contributed by atoms with van der Waals surface area (Å²) in [5, 5.41) is 4.63. The number of benzene rings is 6. The summed E-state index contributed by atoms with van der Waals surface area (Å²) < 4.78 is 6.26. The molecule has 0 aliphatic carbocycles. The van der Waals surface area contributed by atoms with Crippen LogP contribution in [0.15, 0.2) is 144 Å². The monoisotopic (exact) mass is 564 g/mol. The Labute approximate surface area is 253 Å². The number of anilines is 2. The fourth-order valence-corrected chi connectivity index (χ4v) is 6.24. The first-order valence-electron chi connectivity index (χ1n) is 14.6. The lowest BCUT2D eigenvalue weighted by molar-refractivity contribution is 0.669. The Hall–Kier alpha value is -6.07. The Morgan fingerprint density at radius 1 is 0.500 bits per heavy atom. The average Bonchev–Trinajstić information content (AvgIpc) is 3.47. The average molecular weight is 565 g/mol. The maximum atomic E-state index is 6.26. The van der Waals surface area contributed by atoms with Gasteiger partial charge in [-0.3, -0.25) is 0 Å². The topological polar surface area (TPSA) is 55.1 Å². The van der Waals surface area contributed by atoms with E-state index in [9.17, 15) is 0 Å². The summed E-state index contributed by atoms with van der Waals surface area (Å²) in [5.74, 6) is 1.92. The van der Waals surface area contributed by atoms with Crippen LogP contribution < -0.4 is 4.90 Å². The first-order chi connectivity index (χ1) is 21.8. The zero-order valence-electron chi connectivity index (χ0n) is 23.6. The van der Waals surface area contributed by atoms with Crippen LogP contribution in [0.3, 0.4) is 0 Å². The van der Waals surface area contributed by atoms with Crippen LogP contribution in [0.1, 0.15) is 5.56 Å². The van der Waals surface area contributed by atoms with E-state index in [2.05, 4.69) is 77.8 Å². The molecule has 0 saturated carbocycles. The van der Waals surface area contributed by atoms with Crippen LogP contribution in [-0.2, 0) is 0 Å². The molecule has 1 aliphatic rings. The van der Waals surface area contributed by atoms with E-state index < -0.39 is 0 Å². The van der Waals surface area contributed by atoms with Crippen molar-refractivity contribution < 1.29 is 4.42 Å². The van der Waals surface area contributed by atoms with Gasteiger partial charge in [0.15, 0.2) is 17.5 Å². The third-order valence-corrected chi connectivity index (χ3v) is 8.25. The molecule has 2 aromatic heterocycles. The summed E-state index contributed by atoms with van der Waals surface area (Å²) >= 11 is 0. The number of furan rings is 1. The van der Waals surface area contributed by atoms with Crippen LogP contribution in [0, 0.1) is 0 Å². The summed E-state index contributed by atoms with van der Waals surface area (Å²) in [6.45, 7) is 0. The highest BCUT2D eigenvalue weighted by atomic mass is 16.3. The fraction of sp³-hybridized carbons (Fsp3) is 0. The molecular weight excluding hydrogens is 540 g/mol. The highest BCUT2D eigenvalue weighted by Crippen LogP contribution is 2.45. The van der Waals surface area contributed by atoms with Gasteiger partial charge in [-0.05, 0) is 47.4 Å². The van der Waals surface area contributed by atoms with Gasteiger partial charge in [0.25, 0.3) is 0 Å². The second-order valence-corrected chi connectivity index (χ2v) is 10.9. The Balaban J connectivity index is 1.19. The molecule has 0 radical (unpaired) electrons. The lowest BCUT2D eigenvalue weighted by Gasteiger charge is -2.27. The zero-order valence-corrected chi connectivity index (χ0v) is 23.6. The van der Waals surface area contributed by atoms with Crippen molar-refractivity contribution in [3.63, 3.8) is 0 Å². The van der Waals surface area contributed by atoms with Gasteiger partial charge in [-0.2, -0.15) is 0 Å². The Morgan fingerprint density at radius 3 is 1.89 bits per heavy atom. The van der Waals surface area contributed by atoms with Gasteiger partial charge in [0.05, 0.1) is 5.69 Å². The van der Waals surface area contributed by atoms with Gasteiger partial charge in [-0.1, -0.05) is 103 Å². The van der Waals surface area contributed by atoms with Crippen molar-refractivity contribution in [2.75, 3.05) is 4.90 Å². The Morgan fingerprint density at radius 2 is 1.14 bits per heavy atom. The molecular formula is C39H24N4O. The molecule has 0 bridgehead atoms. The Kier molecular flexibility index (Phi) is 5.43. The lowest BCUT2D eigenvalue weighted by atomic mass is 9.94. The predicted octanol–water partition coefficient (Wildman–Crippen LogP) is 10.0. The molecule has 0 atom stereocenters. The van der Waals surface area contributed by atoms with Gasteiger partial charge >= 0.3 is 0 Å². The largest absolute Gasteiger partial charge is 0.456 e. The molecule has 3 heterocycles. The summed E-state index contributed by atoms with van der Waals surface area (Å²) in [7, 11) is 0. The van der Waals surface area contributed by atoms with E-state index in [1.165, 1.54) is 10.9 Å². The third-order valence-electron chi connectivity index (χ3n) is 8.25. The van der Waals surface area contributed by atoms with Gasteiger partial charge in [-0.25, -0.2) is 15.0 Å². The molecule has 8 aromatic rings. The number of hydrogen-bond donors (Lipinski definition) is 0. The van der Waals surface area contributed by atoms with E-state index in [0.717, 1.165) is 55.4 Å². The standard InChI is InChI=1S/C39H24N4O/c1-3-11-25(12-4-1)37-40-38(26-13-5-2-6-14-26)42-39(41-37)28-16-9-17-29(23-28)43-22-21-31-35-27(15-10-19-32(35)43)24-34-36(31)30-18-7-8-20-33(30)44-34/h1-24H. The van der Waals surface area contributed by atoms with Gasteiger partial charge in [0.1, 0.15) is 11.2 Å². The van der Waals surface area contributed by atoms with Gasteiger partial charge in [-0.15, -0.1) is 0 Å². The fourth-order valence-electron chi connectivity index (χ4n) is 6.24. The smallest absolute Gasteiger partial charge is 0.164 e. The molecule has 0 N–H and O–H groups in total. The maximum Gasteiger partial charge on any atom is 0.164 e. The molecule has 1 aliphatic heterocycles. The summed E-state index contributed by atoms with van der Waals surface area (Å²) in [6, 6.07) is 45.4. The molecule has 5 heteroatoms. The molecule has 0 saturated heterocycles. The summed E-state index contributed by atoms with van der Waals surface area (Å²) in [4.78, 5) is 17.0. The molecule has 0 amide bonds. The second kappa shape index (κ2) is 9.75. The number of rotatable bonds is 4. The van der Waals surface area contributed by atoms with Crippen molar-refractivity contribution in [2.45, 2.75) is 0 Å². The maximum absolute atomic E-state index is 6.26. The summed E-state index contributed by atoms with van der Waals surface area (Å²) in [6.07, 6.45) is 4.35. The SMILES string of the molecule is C1=CN(c2cccc(-c3nc(-c4ccccc4)nc(-c4ccccc4)n3)c2)c2cccc3cc4oc5ccccc5c4c1c23. The quantitative estimate of drug-likeness (QED) is 0.213. The van der Waals surface area contributed by atoms with Crippen molar-refractivity contribution in [3.8, 4) is 34.2 Å². The first-order valence-corrected chi connectivity index (χ1v) is 14.6. The molecule has 44 heavy (non-hydrogen) atoms. The van der Waals surface area contributed by atoms with Crippen LogP contribution >= 0.6 is 0 Å². The lowest BCUT2D eigenvalue weighted by Crippen LogP contribution is -2.12. The molecule has 9 rings (SSSR count). The van der Waals surface area contributed by atoms with E-state index in [-0.39, 0.29) is 0 Å². The normalized spacial score (nSPS) is 12.4. The Bertz CT molecular complexity index is 2340. The van der Waals surface area contributed by atoms with Crippen LogP contribution in [0.5, 0.6) is 0 Å². The molecule has 206 valence electrons. The zero-order chi connectivity index (χ0) is 29.0. The van der Waals surface area contributed by atoms with Crippen molar-refractivity contribution in [1.29, 1.82) is 0 Å². The van der Waals surface area contributed by atoms with Crippen molar-refractivity contribution in [3.05, 3.63) is 145 Å². The van der Waals surface area contributed by atoms with Gasteiger partial charge in [0.2, 0.25) is 0 Å². The molecule has 6 aromatic carbocycles. The number of aromatic nitrogens is 3. The van der Waals surface area contributed by atoms with Gasteiger partial charge in [0, 0.05) is 44.7 Å². The van der Waals surface area contributed by atoms with E-state index in [1.807, 2.05) is 72.8 Å². The number of nitrogens with zero attached hydrogens (tertiary/aromatic N) is 4. The van der Waals surface area contributed by atoms with E-state index in [0.29, 0.717) is 17.5 Å². The minimum Gasteiger partial charge on any atom is -0.456 e. The predicted molar refractivity (Wildman–Crippen MR) is 179 cm³/mol. The molecule has 0 spiro atoms. The van der Waals surface area contributed by atoms with Crippen LogP contribution in [-0.4, -0.2) is 15.0 Å². The van der Waals surface area contributed by atoms with Crippen molar-refractivity contribution in [2.24, 2.45) is 0 Å². The van der Waals surface area contributed by atoms with E-state index in [4.69, 9.17) is 19.4 Å². The number of hydrogen-bond acceptors (Lipinski definition) is 5. The molecule has 0 unspecified atom stereocenters. The minimum absolute atomic E-state index is 0.630. The highest BCUT2D eigenvalue weighted by Gasteiger charge is 2.22. The number of para-hydroxylation sites is 1. The minimum atomic E-state index is 0.630. The van der Waals surface area contributed by atoms with Crippen molar-refractivity contribution >= 4 is 50.2 Å². The first kappa shape index (κ1) is 24.5. The summed E-state index contributed by atoms with van der Waals surface area (Å²) in [5.41, 5.74) is 7.96. The van der Waals surface area contributed by atoms with Gasteiger partial charge < -0.3 is 9.32 Å². The third kappa shape index (κ3) is 3.91. The second-order valence-electron chi connectivity index (χ2n) is 10.9.